The van der Waals surface area contributed by atoms with Gasteiger partial charge in [0.1, 0.15) is 5.82 Å². The van der Waals surface area contributed by atoms with Crippen molar-refractivity contribution in [2.75, 3.05) is 11.4 Å². The Hall–Kier alpha value is -1.09. The molecule has 2 unspecified atom stereocenters. The van der Waals surface area contributed by atoms with E-state index >= 15 is 0 Å². The minimum absolute atomic E-state index is 0.124. The van der Waals surface area contributed by atoms with Gasteiger partial charge in [0.2, 0.25) is 0 Å². The zero-order valence-electron chi connectivity index (χ0n) is 13.2. The zero-order chi connectivity index (χ0) is 14.8. The maximum absolute atomic E-state index is 13.4. The molecule has 2 aliphatic rings. The first kappa shape index (κ1) is 14.8. The minimum atomic E-state index is -0.124. The average Bonchev–Trinajstić information content (AvgIpc) is 2.44. The Bertz CT molecular complexity index is 474. The van der Waals surface area contributed by atoms with Crippen molar-refractivity contribution in [2.45, 2.75) is 70.5 Å². The number of piperidine rings is 2. The number of hydrogen-bond donors (Lipinski definition) is 1. The molecule has 1 aromatic rings. The molecule has 0 amide bonds. The smallest absolute Gasteiger partial charge is 0.123 e. The first-order valence-electron chi connectivity index (χ1n) is 8.47. The summed E-state index contributed by atoms with van der Waals surface area (Å²) in [7, 11) is 0. The van der Waals surface area contributed by atoms with Crippen molar-refractivity contribution < 1.29 is 4.39 Å². The Morgan fingerprint density at radius 1 is 1.24 bits per heavy atom. The number of hydrogen-bond acceptors (Lipinski definition) is 2. The van der Waals surface area contributed by atoms with E-state index in [0.717, 1.165) is 12.1 Å². The van der Waals surface area contributed by atoms with Crippen molar-refractivity contribution in [2.24, 2.45) is 0 Å². The Morgan fingerprint density at radius 2 is 1.95 bits per heavy atom. The highest BCUT2D eigenvalue weighted by Crippen LogP contribution is 2.39. The van der Waals surface area contributed by atoms with Crippen molar-refractivity contribution in [1.29, 1.82) is 0 Å². The van der Waals surface area contributed by atoms with E-state index in [-0.39, 0.29) is 5.82 Å². The molecule has 1 N–H and O–H groups in total. The molecule has 0 spiro atoms. The third kappa shape index (κ3) is 3.08. The first-order chi connectivity index (χ1) is 10.2. The molecule has 2 aliphatic heterocycles. The van der Waals surface area contributed by atoms with Gasteiger partial charge in [-0.3, -0.25) is 0 Å². The lowest BCUT2D eigenvalue weighted by molar-refractivity contribution is 0.245. The van der Waals surface area contributed by atoms with Gasteiger partial charge in [-0.2, -0.15) is 0 Å². The second-order valence-corrected chi connectivity index (χ2v) is 6.70. The highest BCUT2D eigenvalue weighted by Gasteiger charge is 2.38. The van der Waals surface area contributed by atoms with Crippen molar-refractivity contribution in [3.05, 3.63) is 29.6 Å². The van der Waals surface area contributed by atoms with Crippen LogP contribution in [0, 0.1) is 12.7 Å². The summed E-state index contributed by atoms with van der Waals surface area (Å²) >= 11 is 0. The molecule has 0 saturated carbocycles. The standard InChI is InChI=1S/C18H27FN2/c1-3-9-20-15-11-16-5-4-6-17(12-15)21(16)18-8-7-14(19)10-13(18)2/h7-8,10,15-17,20H,3-6,9,11-12H2,1-2H3. The highest BCUT2D eigenvalue weighted by atomic mass is 19.1. The molecule has 2 atom stereocenters. The van der Waals surface area contributed by atoms with Gasteiger partial charge in [-0.1, -0.05) is 6.92 Å². The summed E-state index contributed by atoms with van der Waals surface area (Å²) in [5, 5.41) is 3.71. The van der Waals surface area contributed by atoms with Crippen LogP contribution in [0.1, 0.15) is 51.0 Å². The van der Waals surface area contributed by atoms with Crippen LogP contribution in [0.4, 0.5) is 10.1 Å². The topological polar surface area (TPSA) is 15.3 Å². The summed E-state index contributed by atoms with van der Waals surface area (Å²) in [6.07, 6.45) is 7.55. The molecule has 116 valence electrons. The van der Waals surface area contributed by atoms with Crippen LogP contribution >= 0.6 is 0 Å². The van der Waals surface area contributed by atoms with Crippen LogP contribution in [0.5, 0.6) is 0 Å². The van der Waals surface area contributed by atoms with Crippen LogP contribution in [0.3, 0.4) is 0 Å². The number of benzene rings is 1. The zero-order valence-corrected chi connectivity index (χ0v) is 13.2. The molecule has 0 aromatic heterocycles. The summed E-state index contributed by atoms with van der Waals surface area (Å²) in [5.41, 5.74) is 2.33. The van der Waals surface area contributed by atoms with Crippen molar-refractivity contribution in [3.63, 3.8) is 0 Å². The third-order valence-corrected chi connectivity index (χ3v) is 5.09. The third-order valence-electron chi connectivity index (χ3n) is 5.09. The van der Waals surface area contributed by atoms with Gasteiger partial charge in [0.25, 0.3) is 0 Å². The summed E-state index contributed by atoms with van der Waals surface area (Å²) < 4.78 is 13.4. The Labute approximate surface area is 127 Å². The number of halogens is 1. The van der Waals surface area contributed by atoms with Gasteiger partial charge in [-0.05, 0) is 75.8 Å². The number of nitrogens with zero attached hydrogens (tertiary/aromatic N) is 1. The first-order valence-corrected chi connectivity index (χ1v) is 8.47. The lowest BCUT2D eigenvalue weighted by Crippen LogP contribution is -2.56. The summed E-state index contributed by atoms with van der Waals surface area (Å²) in [4.78, 5) is 2.60. The van der Waals surface area contributed by atoms with E-state index in [0.29, 0.717) is 18.1 Å². The van der Waals surface area contributed by atoms with E-state index in [2.05, 4.69) is 17.1 Å². The Morgan fingerprint density at radius 3 is 2.57 bits per heavy atom. The van der Waals surface area contributed by atoms with Gasteiger partial charge in [0.05, 0.1) is 0 Å². The SMILES string of the molecule is CCCNC1CC2CCCC(C1)N2c1ccc(F)cc1C. The summed E-state index contributed by atoms with van der Waals surface area (Å²) in [6.45, 7) is 5.39. The van der Waals surface area contributed by atoms with E-state index < -0.39 is 0 Å². The molecule has 2 saturated heterocycles. The van der Waals surface area contributed by atoms with E-state index in [1.165, 1.54) is 44.2 Å². The van der Waals surface area contributed by atoms with Gasteiger partial charge in [0, 0.05) is 23.8 Å². The lowest BCUT2D eigenvalue weighted by Gasteiger charge is -2.51. The molecule has 0 aliphatic carbocycles. The van der Waals surface area contributed by atoms with Crippen LogP contribution in [-0.4, -0.2) is 24.7 Å². The van der Waals surface area contributed by atoms with E-state index in [1.54, 1.807) is 12.1 Å². The maximum Gasteiger partial charge on any atom is 0.123 e. The predicted octanol–water partition coefficient (Wildman–Crippen LogP) is 4.02. The van der Waals surface area contributed by atoms with Gasteiger partial charge in [0.15, 0.2) is 0 Å². The van der Waals surface area contributed by atoms with Crippen molar-refractivity contribution in [1.82, 2.24) is 5.32 Å². The van der Waals surface area contributed by atoms with Crippen molar-refractivity contribution >= 4 is 5.69 Å². The Kier molecular flexibility index (Phi) is 4.48. The van der Waals surface area contributed by atoms with Gasteiger partial charge < -0.3 is 10.2 Å². The van der Waals surface area contributed by atoms with Crippen LogP contribution < -0.4 is 10.2 Å². The molecule has 3 heteroatoms. The molecule has 21 heavy (non-hydrogen) atoms. The molecule has 1 aromatic carbocycles. The second kappa shape index (κ2) is 6.35. The fraction of sp³-hybridized carbons (Fsp3) is 0.667. The summed E-state index contributed by atoms with van der Waals surface area (Å²) in [6, 6.07) is 7.17. The molecular formula is C18H27FN2. The normalized spacial score (nSPS) is 28.7. The fourth-order valence-corrected chi connectivity index (χ4v) is 4.20. The second-order valence-electron chi connectivity index (χ2n) is 6.70. The number of rotatable bonds is 4. The molecule has 0 radical (unpaired) electrons. The number of anilines is 1. The molecule has 2 heterocycles. The lowest BCUT2D eigenvalue weighted by atomic mass is 9.81. The monoisotopic (exact) mass is 290 g/mol. The molecule has 2 nitrogen and oxygen atoms in total. The fourth-order valence-electron chi connectivity index (χ4n) is 4.20. The number of fused-ring (bicyclic) bond motifs is 2. The van der Waals surface area contributed by atoms with E-state index in [1.807, 2.05) is 13.0 Å². The minimum Gasteiger partial charge on any atom is -0.365 e. The van der Waals surface area contributed by atoms with Gasteiger partial charge in [-0.15, -0.1) is 0 Å². The van der Waals surface area contributed by atoms with Crippen LogP contribution in [0.2, 0.25) is 0 Å². The maximum atomic E-state index is 13.4. The predicted molar refractivity (Wildman–Crippen MR) is 86.4 cm³/mol. The van der Waals surface area contributed by atoms with Gasteiger partial charge in [-0.25, -0.2) is 4.39 Å². The van der Waals surface area contributed by atoms with Crippen LogP contribution in [0.25, 0.3) is 0 Å². The molecule has 3 rings (SSSR count). The average molecular weight is 290 g/mol. The number of aryl methyl sites for hydroxylation is 1. The highest BCUT2D eigenvalue weighted by molar-refractivity contribution is 5.56. The molecule has 2 bridgehead atoms. The van der Waals surface area contributed by atoms with Crippen LogP contribution in [-0.2, 0) is 0 Å². The van der Waals surface area contributed by atoms with Gasteiger partial charge >= 0.3 is 0 Å². The Balaban J connectivity index is 1.80. The number of nitrogens with one attached hydrogen (secondary N) is 1. The molecule has 2 fully saturated rings. The molecular weight excluding hydrogens is 263 g/mol. The van der Waals surface area contributed by atoms with Crippen molar-refractivity contribution in [3.8, 4) is 0 Å². The van der Waals surface area contributed by atoms with Crippen LogP contribution in [0.15, 0.2) is 18.2 Å². The van der Waals surface area contributed by atoms with E-state index in [9.17, 15) is 4.39 Å². The summed E-state index contributed by atoms with van der Waals surface area (Å²) in [5.74, 6) is -0.124. The van der Waals surface area contributed by atoms with E-state index in [4.69, 9.17) is 0 Å². The largest absolute Gasteiger partial charge is 0.365 e. The quantitative estimate of drug-likeness (QED) is 0.901.